The number of piperidine rings is 1. The van der Waals surface area contributed by atoms with Crippen molar-refractivity contribution in [2.24, 2.45) is 11.8 Å². The van der Waals surface area contributed by atoms with Crippen LogP contribution in [-0.4, -0.2) is 18.2 Å². The molecule has 1 aliphatic rings. The molecule has 0 radical (unpaired) electrons. The Hall–Kier alpha value is -1.02. The molecule has 1 N–H and O–H groups in total. The largest absolute Gasteiger partial charge is 0.388 e. The Balaban J connectivity index is 2.22. The lowest BCUT2D eigenvalue weighted by atomic mass is 9.88. The van der Waals surface area contributed by atoms with E-state index in [1.165, 1.54) is 12.1 Å². The third kappa shape index (κ3) is 2.69. The second-order valence-electron chi connectivity index (χ2n) is 5.67. The highest BCUT2D eigenvalue weighted by molar-refractivity contribution is 5.55. The van der Waals surface area contributed by atoms with Gasteiger partial charge in [0.1, 0.15) is 0 Å². The van der Waals surface area contributed by atoms with Crippen molar-refractivity contribution in [1.82, 2.24) is 0 Å². The van der Waals surface area contributed by atoms with Crippen LogP contribution in [0, 0.1) is 11.8 Å². The minimum Gasteiger partial charge on any atom is -0.388 e. The van der Waals surface area contributed by atoms with Crippen molar-refractivity contribution in [1.29, 1.82) is 0 Å². The van der Waals surface area contributed by atoms with Gasteiger partial charge in [-0.05, 0) is 30.7 Å². The molecular formula is C16H25NO. The predicted octanol–water partition coefficient (Wildman–Crippen LogP) is 3.61. The fraction of sp³-hybridized carbons (Fsp3) is 0.625. The van der Waals surface area contributed by atoms with Crippen LogP contribution >= 0.6 is 0 Å². The summed E-state index contributed by atoms with van der Waals surface area (Å²) in [6.45, 7) is 8.92. The van der Waals surface area contributed by atoms with Crippen molar-refractivity contribution < 1.29 is 5.11 Å². The topological polar surface area (TPSA) is 23.5 Å². The normalized spacial score (nSPS) is 26.1. The number of benzene rings is 1. The summed E-state index contributed by atoms with van der Waals surface area (Å²) in [6, 6.07) is 8.31. The van der Waals surface area contributed by atoms with Crippen molar-refractivity contribution in [2.45, 2.75) is 39.7 Å². The van der Waals surface area contributed by atoms with E-state index in [0.29, 0.717) is 0 Å². The molecule has 1 aromatic carbocycles. The molecule has 2 nitrogen and oxygen atoms in total. The molecule has 2 heteroatoms. The Morgan fingerprint density at radius 2 is 2.00 bits per heavy atom. The molecule has 0 saturated carbocycles. The fourth-order valence-electron chi connectivity index (χ4n) is 2.76. The van der Waals surface area contributed by atoms with Gasteiger partial charge in [-0.15, -0.1) is 0 Å². The molecule has 2 unspecified atom stereocenters. The molecule has 1 fully saturated rings. The summed E-state index contributed by atoms with van der Waals surface area (Å²) in [5, 5.41) is 10.1. The van der Waals surface area contributed by atoms with E-state index in [-0.39, 0.29) is 6.10 Å². The number of hydrogen-bond donors (Lipinski definition) is 1. The minimum absolute atomic E-state index is 0.337. The van der Waals surface area contributed by atoms with Crippen LogP contribution in [0.3, 0.4) is 0 Å². The van der Waals surface area contributed by atoms with Crippen molar-refractivity contribution in [3.63, 3.8) is 0 Å². The summed E-state index contributed by atoms with van der Waals surface area (Å²) in [4.78, 5) is 2.44. The van der Waals surface area contributed by atoms with Gasteiger partial charge in [0.05, 0.1) is 6.10 Å². The van der Waals surface area contributed by atoms with Gasteiger partial charge in [-0.25, -0.2) is 0 Å². The molecular weight excluding hydrogens is 222 g/mol. The predicted molar refractivity (Wildman–Crippen MR) is 76.9 cm³/mol. The first-order valence-corrected chi connectivity index (χ1v) is 7.15. The van der Waals surface area contributed by atoms with E-state index >= 15 is 0 Å². The second-order valence-corrected chi connectivity index (χ2v) is 5.67. The summed E-state index contributed by atoms with van der Waals surface area (Å²) >= 11 is 0. The van der Waals surface area contributed by atoms with E-state index in [4.69, 9.17) is 0 Å². The molecule has 0 amide bonds. The first-order valence-electron chi connectivity index (χ1n) is 7.15. The lowest BCUT2D eigenvalue weighted by molar-refractivity contribution is 0.173. The summed E-state index contributed by atoms with van der Waals surface area (Å²) < 4.78 is 0. The maximum atomic E-state index is 10.1. The molecule has 1 aliphatic heterocycles. The zero-order valence-corrected chi connectivity index (χ0v) is 11.8. The van der Waals surface area contributed by atoms with Gasteiger partial charge in [-0.3, -0.25) is 0 Å². The van der Waals surface area contributed by atoms with Crippen LogP contribution in [-0.2, 0) is 0 Å². The second kappa shape index (κ2) is 5.75. The molecule has 18 heavy (non-hydrogen) atoms. The molecule has 1 saturated heterocycles. The molecule has 0 bridgehead atoms. The standard InChI is InChI=1S/C16H25NO/c1-4-16(18)14-7-5-6-8-15(14)17-10-9-12(2)13(3)11-17/h5-8,12-13,16,18H,4,9-11H2,1-3H3/t12?,13?,16-/m0/s1. The van der Waals surface area contributed by atoms with E-state index in [9.17, 15) is 5.11 Å². The Labute approximate surface area is 111 Å². The average Bonchev–Trinajstić information content (AvgIpc) is 2.41. The quantitative estimate of drug-likeness (QED) is 0.882. The number of aliphatic hydroxyl groups is 1. The summed E-state index contributed by atoms with van der Waals surface area (Å²) in [5.74, 6) is 1.54. The van der Waals surface area contributed by atoms with Crippen LogP contribution in [0.5, 0.6) is 0 Å². The maximum absolute atomic E-state index is 10.1. The van der Waals surface area contributed by atoms with Gasteiger partial charge in [-0.2, -0.15) is 0 Å². The van der Waals surface area contributed by atoms with Gasteiger partial charge in [0.2, 0.25) is 0 Å². The molecule has 1 aromatic rings. The minimum atomic E-state index is -0.337. The van der Waals surface area contributed by atoms with Crippen molar-refractivity contribution in [2.75, 3.05) is 18.0 Å². The van der Waals surface area contributed by atoms with E-state index in [1.54, 1.807) is 0 Å². The van der Waals surface area contributed by atoms with E-state index < -0.39 is 0 Å². The highest BCUT2D eigenvalue weighted by Crippen LogP contribution is 2.32. The SMILES string of the molecule is CC[C@H](O)c1ccccc1N1CCC(C)C(C)C1. The van der Waals surface area contributed by atoms with Gasteiger partial charge in [0.25, 0.3) is 0 Å². The van der Waals surface area contributed by atoms with Gasteiger partial charge in [0, 0.05) is 24.3 Å². The van der Waals surface area contributed by atoms with E-state index in [2.05, 4.69) is 36.9 Å². The number of nitrogens with zero attached hydrogens (tertiary/aromatic N) is 1. The van der Waals surface area contributed by atoms with Crippen molar-refractivity contribution >= 4 is 5.69 Å². The number of aliphatic hydroxyl groups excluding tert-OH is 1. The van der Waals surface area contributed by atoms with E-state index in [0.717, 1.165) is 36.9 Å². The molecule has 100 valence electrons. The number of rotatable bonds is 3. The third-order valence-corrected chi connectivity index (χ3v) is 4.36. The number of hydrogen-bond acceptors (Lipinski definition) is 2. The fourth-order valence-corrected chi connectivity index (χ4v) is 2.76. The van der Waals surface area contributed by atoms with Crippen LogP contribution in [0.15, 0.2) is 24.3 Å². The zero-order valence-electron chi connectivity index (χ0n) is 11.8. The molecule has 0 aliphatic carbocycles. The molecule has 0 spiro atoms. The number of anilines is 1. The molecule has 0 aromatic heterocycles. The van der Waals surface area contributed by atoms with Gasteiger partial charge in [-0.1, -0.05) is 39.0 Å². The Morgan fingerprint density at radius 1 is 1.28 bits per heavy atom. The summed E-state index contributed by atoms with van der Waals surface area (Å²) in [6.07, 6.45) is 1.69. The Morgan fingerprint density at radius 3 is 2.67 bits per heavy atom. The Kier molecular flexibility index (Phi) is 4.28. The van der Waals surface area contributed by atoms with Gasteiger partial charge >= 0.3 is 0 Å². The van der Waals surface area contributed by atoms with Crippen LogP contribution in [0.1, 0.15) is 45.3 Å². The monoisotopic (exact) mass is 247 g/mol. The van der Waals surface area contributed by atoms with Crippen LogP contribution in [0.25, 0.3) is 0 Å². The molecule has 3 atom stereocenters. The van der Waals surface area contributed by atoms with Gasteiger partial charge < -0.3 is 10.0 Å². The Bertz CT molecular complexity index is 390. The smallest absolute Gasteiger partial charge is 0.0807 e. The molecule has 2 rings (SSSR count). The summed E-state index contributed by atoms with van der Waals surface area (Å²) in [7, 11) is 0. The van der Waals surface area contributed by atoms with Crippen LogP contribution in [0.2, 0.25) is 0 Å². The molecule has 1 heterocycles. The highest BCUT2D eigenvalue weighted by atomic mass is 16.3. The maximum Gasteiger partial charge on any atom is 0.0807 e. The number of para-hydroxylation sites is 1. The lowest BCUT2D eigenvalue weighted by Gasteiger charge is -2.38. The third-order valence-electron chi connectivity index (χ3n) is 4.36. The van der Waals surface area contributed by atoms with Crippen molar-refractivity contribution in [3.05, 3.63) is 29.8 Å². The average molecular weight is 247 g/mol. The van der Waals surface area contributed by atoms with Crippen molar-refractivity contribution in [3.8, 4) is 0 Å². The van der Waals surface area contributed by atoms with E-state index in [1.807, 2.05) is 13.0 Å². The zero-order chi connectivity index (χ0) is 13.1. The van der Waals surface area contributed by atoms with Crippen LogP contribution < -0.4 is 4.90 Å². The summed E-state index contributed by atoms with van der Waals surface area (Å²) in [5.41, 5.74) is 2.31. The first-order chi connectivity index (χ1) is 8.63. The van der Waals surface area contributed by atoms with Crippen LogP contribution in [0.4, 0.5) is 5.69 Å². The highest BCUT2D eigenvalue weighted by Gasteiger charge is 2.24. The van der Waals surface area contributed by atoms with Gasteiger partial charge in [0.15, 0.2) is 0 Å². The lowest BCUT2D eigenvalue weighted by Crippen LogP contribution is -2.39. The first kappa shape index (κ1) is 13.4.